The van der Waals surface area contributed by atoms with Crippen LogP contribution < -0.4 is 10.1 Å². The van der Waals surface area contributed by atoms with Crippen molar-refractivity contribution in [2.24, 2.45) is 5.92 Å². The van der Waals surface area contributed by atoms with E-state index in [-0.39, 0.29) is 12.2 Å². The molecule has 0 bridgehead atoms. The molecule has 1 aromatic carbocycles. The first-order valence-corrected chi connectivity index (χ1v) is 8.60. The number of hydrogen-bond acceptors (Lipinski definition) is 3. The Kier molecular flexibility index (Phi) is 6.86. The summed E-state index contributed by atoms with van der Waals surface area (Å²) in [7, 11) is 0. The smallest absolute Gasteiger partial charge is 0.387 e. The van der Waals surface area contributed by atoms with E-state index in [1.165, 1.54) is 12.1 Å². The third-order valence-electron chi connectivity index (χ3n) is 4.46. The number of benzene rings is 1. The average Bonchev–Trinajstić information content (AvgIpc) is 2.51. The number of aliphatic hydroxyl groups is 1. The van der Waals surface area contributed by atoms with Gasteiger partial charge in [0.2, 0.25) is 11.8 Å². The minimum Gasteiger partial charge on any atom is -0.435 e. The lowest BCUT2D eigenvalue weighted by Crippen LogP contribution is -2.44. The van der Waals surface area contributed by atoms with Gasteiger partial charge in [-0.15, -0.1) is 0 Å². The monoisotopic (exact) mass is 377 g/mol. The standard InChI is InChI=1S/C18H23F4NO3/c1-2-4-14(11-5-3-6-13(7-11)26-17(19)20)23-16(25)8-15(24)12-9-18(21,22)10-12/h3,5-7,12,14-15,17,24H,2,4,8-10H2,1H3,(H,23,25)/t14-,15-/m0/s1. The molecule has 4 nitrogen and oxygen atoms in total. The molecule has 0 saturated heterocycles. The highest BCUT2D eigenvalue weighted by molar-refractivity contribution is 5.77. The van der Waals surface area contributed by atoms with E-state index in [9.17, 15) is 27.5 Å². The zero-order chi connectivity index (χ0) is 19.3. The van der Waals surface area contributed by atoms with Gasteiger partial charge in [0.05, 0.1) is 18.6 Å². The Labute approximate surface area is 149 Å². The lowest BCUT2D eigenvalue weighted by molar-refractivity contribution is -0.148. The van der Waals surface area contributed by atoms with E-state index in [0.717, 1.165) is 6.42 Å². The van der Waals surface area contributed by atoms with E-state index >= 15 is 0 Å². The van der Waals surface area contributed by atoms with Crippen LogP contribution in [-0.4, -0.2) is 29.7 Å². The quantitative estimate of drug-likeness (QED) is 0.639. The fourth-order valence-electron chi connectivity index (χ4n) is 3.11. The minimum atomic E-state index is -2.94. The van der Waals surface area contributed by atoms with Gasteiger partial charge in [-0.3, -0.25) is 4.79 Å². The molecule has 26 heavy (non-hydrogen) atoms. The van der Waals surface area contributed by atoms with Crippen molar-refractivity contribution in [1.82, 2.24) is 5.32 Å². The Bertz CT molecular complexity index is 604. The zero-order valence-electron chi connectivity index (χ0n) is 14.4. The van der Waals surface area contributed by atoms with Gasteiger partial charge in [-0.25, -0.2) is 8.78 Å². The summed E-state index contributed by atoms with van der Waals surface area (Å²) in [6.45, 7) is -1.04. The highest BCUT2D eigenvalue weighted by atomic mass is 19.3. The lowest BCUT2D eigenvalue weighted by Gasteiger charge is -2.37. The third kappa shape index (κ3) is 5.86. The Morgan fingerprint density at radius 1 is 1.38 bits per heavy atom. The highest BCUT2D eigenvalue weighted by Gasteiger charge is 2.48. The molecule has 1 saturated carbocycles. The number of aliphatic hydroxyl groups excluding tert-OH is 1. The largest absolute Gasteiger partial charge is 0.435 e. The van der Waals surface area contributed by atoms with Crippen molar-refractivity contribution in [2.45, 2.75) is 63.7 Å². The maximum atomic E-state index is 12.9. The van der Waals surface area contributed by atoms with Crippen molar-refractivity contribution < 1.29 is 32.2 Å². The summed E-state index contributed by atoms with van der Waals surface area (Å²) in [5.41, 5.74) is 0.600. The molecule has 2 atom stereocenters. The predicted octanol–water partition coefficient (Wildman–Crippen LogP) is 4.04. The number of rotatable bonds is 9. The summed E-state index contributed by atoms with van der Waals surface area (Å²) in [4.78, 5) is 12.2. The molecular formula is C18H23F4NO3. The maximum absolute atomic E-state index is 12.9. The maximum Gasteiger partial charge on any atom is 0.387 e. The van der Waals surface area contributed by atoms with E-state index < -0.39 is 49.3 Å². The van der Waals surface area contributed by atoms with Crippen LogP contribution in [0.4, 0.5) is 17.6 Å². The van der Waals surface area contributed by atoms with Crippen LogP contribution in [-0.2, 0) is 4.79 Å². The summed E-state index contributed by atoms with van der Waals surface area (Å²) >= 11 is 0. The van der Waals surface area contributed by atoms with E-state index in [1.54, 1.807) is 12.1 Å². The number of halogens is 4. The van der Waals surface area contributed by atoms with Gasteiger partial charge in [0.1, 0.15) is 5.75 Å². The van der Waals surface area contributed by atoms with Crippen molar-refractivity contribution in [3.63, 3.8) is 0 Å². The van der Waals surface area contributed by atoms with Gasteiger partial charge in [0.25, 0.3) is 0 Å². The SMILES string of the molecule is CCC[C@H](NC(=O)C[C@H](O)C1CC(F)(F)C1)c1cccc(OC(F)F)c1. The van der Waals surface area contributed by atoms with Gasteiger partial charge in [0.15, 0.2) is 0 Å². The molecule has 0 aliphatic heterocycles. The van der Waals surface area contributed by atoms with E-state index in [0.29, 0.717) is 12.0 Å². The van der Waals surface area contributed by atoms with Gasteiger partial charge in [-0.05, 0) is 30.0 Å². The summed E-state index contributed by atoms with van der Waals surface area (Å²) in [6, 6.07) is 5.61. The van der Waals surface area contributed by atoms with E-state index in [1.807, 2.05) is 6.92 Å². The van der Waals surface area contributed by atoms with Crippen molar-refractivity contribution in [3.8, 4) is 5.75 Å². The Morgan fingerprint density at radius 3 is 2.65 bits per heavy atom. The second kappa shape index (κ2) is 8.70. The van der Waals surface area contributed by atoms with Crippen LogP contribution in [0.25, 0.3) is 0 Å². The number of carbonyl (C=O) groups is 1. The van der Waals surface area contributed by atoms with Crippen LogP contribution in [0, 0.1) is 5.92 Å². The molecule has 1 aromatic rings. The van der Waals surface area contributed by atoms with Crippen molar-refractivity contribution in [3.05, 3.63) is 29.8 Å². The van der Waals surface area contributed by atoms with Crippen LogP contribution in [0.5, 0.6) is 5.75 Å². The molecular weight excluding hydrogens is 354 g/mol. The molecule has 1 amide bonds. The zero-order valence-corrected chi connectivity index (χ0v) is 14.4. The van der Waals surface area contributed by atoms with Crippen molar-refractivity contribution >= 4 is 5.91 Å². The van der Waals surface area contributed by atoms with Gasteiger partial charge < -0.3 is 15.2 Å². The van der Waals surface area contributed by atoms with Gasteiger partial charge in [0, 0.05) is 12.8 Å². The number of amides is 1. The molecule has 1 fully saturated rings. The fraction of sp³-hybridized carbons (Fsp3) is 0.611. The Balaban J connectivity index is 1.95. The molecule has 1 aliphatic rings. The molecule has 1 aliphatic carbocycles. The van der Waals surface area contributed by atoms with Crippen LogP contribution >= 0.6 is 0 Å². The fourth-order valence-corrected chi connectivity index (χ4v) is 3.11. The first-order chi connectivity index (χ1) is 12.2. The number of carbonyl (C=O) groups excluding carboxylic acids is 1. The number of ether oxygens (including phenoxy) is 1. The topological polar surface area (TPSA) is 58.6 Å². The van der Waals surface area contributed by atoms with Gasteiger partial charge in [-0.1, -0.05) is 25.5 Å². The van der Waals surface area contributed by atoms with Crippen molar-refractivity contribution in [1.29, 1.82) is 0 Å². The molecule has 2 N–H and O–H groups in total. The molecule has 2 rings (SSSR count). The van der Waals surface area contributed by atoms with Crippen molar-refractivity contribution in [2.75, 3.05) is 0 Å². The first-order valence-electron chi connectivity index (χ1n) is 8.60. The van der Waals surface area contributed by atoms with Crippen LogP contribution in [0.2, 0.25) is 0 Å². The second-order valence-corrected chi connectivity index (χ2v) is 6.66. The molecule has 0 heterocycles. The normalized spacial score (nSPS) is 18.9. The summed E-state index contributed by atoms with van der Waals surface area (Å²) in [5, 5.41) is 12.7. The molecule has 146 valence electrons. The highest BCUT2D eigenvalue weighted by Crippen LogP contribution is 2.44. The number of alkyl halides is 4. The first kappa shape index (κ1) is 20.5. The van der Waals surface area contributed by atoms with E-state index in [4.69, 9.17) is 0 Å². The molecule has 8 heteroatoms. The summed E-state index contributed by atoms with van der Waals surface area (Å²) < 4.78 is 54.8. The van der Waals surface area contributed by atoms with Crippen LogP contribution in [0.1, 0.15) is 50.6 Å². The van der Waals surface area contributed by atoms with Gasteiger partial charge >= 0.3 is 6.61 Å². The number of hydrogen-bond donors (Lipinski definition) is 2. The minimum absolute atomic E-state index is 0.00964. The third-order valence-corrected chi connectivity index (χ3v) is 4.46. The Morgan fingerprint density at radius 2 is 2.08 bits per heavy atom. The van der Waals surface area contributed by atoms with Crippen LogP contribution in [0.15, 0.2) is 24.3 Å². The molecule has 0 aromatic heterocycles. The number of nitrogens with one attached hydrogen (secondary N) is 1. The van der Waals surface area contributed by atoms with Crippen LogP contribution in [0.3, 0.4) is 0 Å². The Hall–Kier alpha value is -1.83. The second-order valence-electron chi connectivity index (χ2n) is 6.66. The van der Waals surface area contributed by atoms with Gasteiger partial charge in [-0.2, -0.15) is 8.78 Å². The molecule has 0 unspecified atom stereocenters. The van der Waals surface area contributed by atoms with E-state index in [2.05, 4.69) is 10.1 Å². The molecule has 0 radical (unpaired) electrons. The lowest BCUT2D eigenvalue weighted by atomic mass is 9.76. The summed E-state index contributed by atoms with van der Waals surface area (Å²) in [5.74, 6) is -3.81. The molecule has 0 spiro atoms. The summed E-state index contributed by atoms with van der Waals surface area (Å²) in [6.07, 6.45) is -0.928. The average molecular weight is 377 g/mol. The predicted molar refractivity (Wildman–Crippen MR) is 87.2 cm³/mol.